The van der Waals surface area contributed by atoms with Crippen molar-refractivity contribution in [3.05, 3.63) is 88.4 Å². The third-order valence-electron chi connectivity index (χ3n) is 4.96. The van der Waals surface area contributed by atoms with Gasteiger partial charge in [-0.3, -0.25) is 9.10 Å². The molecule has 0 unspecified atom stereocenters. The summed E-state index contributed by atoms with van der Waals surface area (Å²) in [4.78, 5) is 12.7. The highest BCUT2D eigenvalue weighted by Crippen LogP contribution is 2.34. The lowest BCUT2D eigenvalue weighted by molar-refractivity contribution is -0.137. The Morgan fingerprint density at radius 2 is 1.64 bits per heavy atom. The van der Waals surface area contributed by atoms with E-state index in [1.807, 2.05) is 6.92 Å². The molecule has 5 nitrogen and oxygen atoms in total. The molecule has 1 N–H and O–H groups in total. The number of nitrogens with zero attached hydrogens (tertiary/aromatic N) is 1. The second kappa shape index (κ2) is 9.44. The first-order valence-corrected chi connectivity index (χ1v) is 11.5. The second-order valence-corrected chi connectivity index (χ2v) is 9.60. The van der Waals surface area contributed by atoms with Crippen LogP contribution in [-0.2, 0) is 21.0 Å². The van der Waals surface area contributed by atoms with Crippen molar-refractivity contribution in [2.24, 2.45) is 0 Å². The fourth-order valence-electron chi connectivity index (χ4n) is 3.03. The maximum Gasteiger partial charge on any atom is 0.416 e. The minimum Gasteiger partial charge on any atom is -0.323 e. The predicted molar refractivity (Wildman–Crippen MR) is 122 cm³/mol. The van der Waals surface area contributed by atoms with Crippen molar-refractivity contribution in [3.63, 3.8) is 0 Å². The van der Waals surface area contributed by atoms with Gasteiger partial charge >= 0.3 is 6.18 Å². The molecule has 3 aromatic carbocycles. The minimum atomic E-state index is -4.63. The van der Waals surface area contributed by atoms with Crippen LogP contribution in [0.3, 0.4) is 0 Å². The van der Waals surface area contributed by atoms with Gasteiger partial charge in [0.2, 0.25) is 5.91 Å². The van der Waals surface area contributed by atoms with Crippen LogP contribution in [0.1, 0.15) is 16.7 Å². The molecule has 0 radical (unpaired) electrons. The zero-order valence-corrected chi connectivity index (χ0v) is 19.2. The predicted octanol–water partition coefficient (Wildman–Crippen LogP) is 5.81. The van der Waals surface area contributed by atoms with Crippen molar-refractivity contribution < 1.29 is 26.4 Å². The van der Waals surface area contributed by atoms with E-state index in [2.05, 4.69) is 5.32 Å². The molecular formula is C23H20ClF3N2O3S. The molecule has 0 aliphatic rings. The van der Waals surface area contributed by atoms with Gasteiger partial charge in [0.1, 0.15) is 6.54 Å². The normalized spacial score (nSPS) is 11.8. The number of hydrogen-bond donors (Lipinski definition) is 1. The highest BCUT2D eigenvalue weighted by atomic mass is 35.5. The fraction of sp³-hybridized carbons (Fsp3) is 0.174. The topological polar surface area (TPSA) is 66.5 Å². The summed E-state index contributed by atoms with van der Waals surface area (Å²) in [6, 6.07) is 15.0. The van der Waals surface area contributed by atoms with Gasteiger partial charge in [-0.1, -0.05) is 35.9 Å². The van der Waals surface area contributed by atoms with Gasteiger partial charge < -0.3 is 5.32 Å². The molecule has 0 spiro atoms. The van der Waals surface area contributed by atoms with E-state index in [1.54, 1.807) is 43.3 Å². The Balaban J connectivity index is 1.97. The Kier molecular flexibility index (Phi) is 7.04. The van der Waals surface area contributed by atoms with Crippen LogP contribution < -0.4 is 9.62 Å². The zero-order valence-electron chi connectivity index (χ0n) is 17.7. The fourth-order valence-corrected chi connectivity index (χ4v) is 4.63. The summed E-state index contributed by atoms with van der Waals surface area (Å²) in [5, 5.41) is 2.18. The number of rotatable bonds is 6. The van der Waals surface area contributed by atoms with Gasteiger partial charge in [-0.15, -0.1) is 0 Å². The number of anilines is 2. The van der Waals surface area contributed by atoms with Gasteiger partial charge in [0, 0.05) is 0 Å². The molecule has 0 heterocycles. The lowest BCUT2D eigenvalue weighted by atomic mass is 10.1. The molecule has 3 rings (SSSR count). The summed E-state index contributed by atoms with van der Waals surface area (Å²) in [6.07, 6.45) is -4.63. The maximum absolute atomic E-state index is 13.3. The molecule has 10 heteroatoms. The highest BCUT2D eigenvalue weighted by Gasteiger charge is 2.32. The first kappa shape index (κ1) is 24.6. The molecule has 1 amide bonds. The first-order chi connectivity index (χ1) is 15.4. The molecule has 0 aliphatic carbocycles. The number of aryl methyl sites for hydroxylation is 2. The number of alkyl halides is 3. The Morgan fingerprint density at radius 3 is 2.24 bits per heavy atom. The largest absolute Gasteiger partial charge is 0.416 e. The third-order valence-corrected chi connectivity index (χ3v) is 7.08. The quantitative estimate of drug-likeness (QED) is 0.468. The van der Waals surface area contributed by atoms with Gasteiger partial charge in [-0.25, -0.2) is 8.42 Å². The summed E-state index contributed by atoms with van der Waals surface area (Å²) in [7, 11) is -4.15. The van der Waals surface area contributed by atoms with Crippen molar-refractivity contribution in [3.8, 4) is 0 Å². The average molecular weight is 497 g/mol. The molecule has 0 fully saturated rings. The van der Waals surface area contributed by atoms with Crippen molar-refractivity contribution in [1.82, 2.24) is 0 Å². The molecule has 3 aromatic rings. The summed E-state index contributed by atoms with van der Waals surface area (Å²) >= 11 is 5.95. The van der Waals surface area contributed by atoms with E-state index < -0.39 is 34.2 Å². The van der Waals surface area contributed by atoms with Crippen LogP contribution in [0, 0.1) is 13.8 Å². The van der Waals surface area contributed by atoms with E-state index in [-0.39, 0.29) is 21.3 Å². The maximum atomic E-state index is 13.3. The van der Waals surface area contributed by atoms with Crippen molar-refractivity contribution in [1.29, 1.82) is 0 Å². The zero-order chi connectivity index (χ0) is 24.4. The van der Waals surface area contributed by atoms with E-state index in [9.17, 15) is 26.4 Å². The standard InChI is InChI=1S/C23H20ClF3N2O3S/c1-15-8-10-18(12-16(15)2)29(33(31,32)19-6-4-3-5-7-19)14-22(30)28-21-13-17(23(25,26)27)9-11-20(21)24/h3-13H,14H2,1-2H3,(H,28,30). The number of carbonyl (C=O) groups excluding carboxylic acids is 1. The number of benzene rings is 3. The number of carbonyl (C=O) groups is 1. The molecule has 174 valence electrons. The first-order valence-electron chi connectivity index (χ1n) is 9.71. The summed E-state index contributed by atoms with van der Waals surface area (Å²) in [5.74, 6) is -0.853. The van der Waals surface area contributed by atoms with Gasteiger partial charge in [0.25, 0.3) is 10.0 Å². The van der Waals surface area contributed by atoms with Crippen LogP contribution in [0.15, 0.2) is 71.6 Å². The monoisotopic (exact) mass is 496 g/mol. The Morgan fingerprint density at radius 1 is 0.970 bits per heavy atom. The number of hydrogen-bond acceptors (Lipinski definition) is 3. The van der Waals surface area contributed by atoms with Gasteiger partial charge in [0.05, 0.1) is 26.9 Å². The number of sulfonamides is 1. The van der Waals surface area contributed by atoms with E-state index in [4.69, 9.17) is 11.6 Å². The van der Waals surface area contributed by atoms with E-state index >= 15 is 0 Å². The van der Waals surface area contributed by atoms with Crippen LogP contribution in [0.25, 0.3) is 0 Å². The van der Waals surface area contributed by atoms with Crippen LogP contribution in [0.5, 0.6) is 0 Å². The molecule has 0 saturated heterocycles. The molecule has 33 heavy (non-hydrogen) atoms. The average Bonchev–Trinajstić information content (AvgIpc) is 2.75. The van der Waals surface area contributed by atoms with Gasteiger partial charge in [-0.05, 0) is 67.4 Å². The highest BCUT2D eigenvalue weighted by molar-refractivity contribution is 7.92. The lowest BCUT2D eigenvalue weighted by Crippen LogP contribution is -2.38. The Hall–Kier alpha value is -3.04. The molecular weight excluding hydrogens is 477 g/mol. The van der Waals surface area contributed by atoms with Gasteiger partial charge in [0.15, 0.2) is 0 Å². The van der Waals surface area contributed by atoms with Crippen LogP contribution >= 0.6 is 11.6 Å². The molecule has 0 saturated carbocycles. The van der Waals surface area contributed by atoms with Crippen molar-refractivity contribution in [2.75, 3.05) is 16.2 Å². The Labute approximate surface area is 194 Å². The second-order valence-electron chi connectivity index (χ2n) is 7.33. The number of halogens is 4. The molecule has 0 atom stereocenters. The third kappa shape index (κ3) is 5.66. The summed E-state index contributed by atoms with van der Waals surface area (Å²) in [5.41, 5.74) is 0.712. The van der Waals surface area contributed by atoms with Crippen LogP contribution in [0.4, 0.5) is 24.5 Å². The lowest BCUT2D eigenvalue weighted by Gasteiger charge is -2.25. The molecule has 0 aliphatic heterocycles. The smallest absolute Gasteiger partial charge is 0.323 e. The molecule has 0 aromatic heterocycles. The van der Waals surface area contributed by atoms with Crippen LogP contribution in [-0.4, -0.2) is 20.9 Å². The van der Waals surface area contributed by atoms with Crippen LogP contribution in [0.2, 0.25) is 5.02 Å². The van der Waals surface area contributed by atoms with E-state index in [0.29, 0.717) is 6.07 Å². The Bertz CT molecular complexity index is 1280. The van der Waals surface area contributed by atoms with E-state index in [1.165, 1.54) is 12.1 Å². The van der Waals surface area contributed by atoms with Crippen molar-refractivity contribution >= 4 is 38.9 Å². The minimum absolute atomic E-state index is 0.0341. The van der Waals surface area contributed by atoms with Gasteiger partial charge in [-0.2, -0.15) is 13.2 Å². The number of nitrogens with one attached hydrogen (secondary N) is 1. The van der Waals surface area contributed by atoms with E-state index in [0.717, 1.165) is 27.6 Å². The molecule has 0 bridgehead atoms. The summed E-state index contributed by atoms with van der Waals surface area (Å²) < 4.78 is 66.7. The summed E-state index contributed by atoms with van der Waals surface area (Å²) in [6.45, 7) is 2.98. The number of amides is 1. The SMILES string of the molecule is Cc1ccc(N(CC(=O)Nc2cc(C(F)(F)F)ccc2Cl)S(=O)(=O)c2ccccc2)cc1C. The van der Waals surface area contributed by atoms with Crippen molar-refractivity contribution in [2.45, 2.75) is 24.9 Å².